The molecular formula is C19H20O3. The van der Waals surface area contributed by atoms with Crippen molar-refractivity contribution >= 4 is 5.97 Å². The van der Waals surface area contributed by atoms with Crippen molar-refractivity contribution in [3.63, 3.8) is 0 Å². The second kappa shape index (κ2) is 4.96. The lowest BCUT2D eigenvalue weighted by Crippen LogP contribution is -2.31. The van der Waals surface area contributed by atoms with Crippen LogP contribution in [0.1, 0.15) is 43.7 Å². The largest absolute Gasteiger partial charge is 0.420 e. The second-order valence-corrected chi connectivity index (χ2v) is 5.98. The average Bonchev–Trinajstić information content (AvgIpc) is 2.78. The van der Waals surface area contributed by atoms with E-state index in [9.17, 15) is 4.79 Å². The second-order valence-electron chi connectivity index (χ2n) is 5.98. The van der Waals surface area contributed by atoms with Crippen molar-refractivity contribution in [1.82, 2.24) is 0 Å². The van der Waals surface area contributed by atoms with Crippen LogP contribution in [0.5, 0.6) is 0 Å². The summed E-state index contributed by atoms with van der Waals surface area (Å²) in [4.78, 5) is 12.5. The molecule has 0 saturated carbocycles. The Morgan fingerprint density at radius 2 is 1.64 bits per heavy atom. The molecule has 0 bridgehead atoms. The van der Waals surface area contributed by atoms with E-state index in [2.05, 4.69) is 6.07 Å². The van der Waals surface area contributed by atoms with Crippen LogP contribution in [0.3, 0.4) is 0 Å². The fourth-order valence-corrected chi connectivity index (χ4v) is 3.36. The van der Waals surface area contributed by atoms with Gasteiger partial charge >= 0.3 is 5.97 Å². The van der Waals surface area contributed by atoms with Gasteiger partial charge in [0.15, 0.2) is 0 Å². The molecule has 1 aliphatic rings. The Kier molecular flexibility index (Phi) is 3.33. The van der Waals surface area contributed by atoms with Gasteiger partial charge in [0.05, 0.1) is 5.56 Å². The van der Waals surface area contributed by atoms with Crippen LogP contribution in [0.4, 0.5) is 0 Å². The molecule has 0 N–H and O–H groups in total. The van der Waals surface area contributed by atoms with E-state index in [1.165, 1.54) is 0 Å². The third-order valence-electron chi connectivity index (χ3n) is 4.42. The number of methoxy groups -OCH3 is 1. The molecule has 3 nitrogen and oxygen atoms in total. The molecule has 1 heterocycles. The Labute approximate surface area is 130 Å². The third kappa shape index (κ3) is 1.89. The first-order valence-corrected chi connectivity index (χ1v) is 7.37. The van der Waals surface area contributed by atoms with E-state index in [0.717, 1.165) is 33.4 Å². The molecule has 0 saturated heterocycles. The Hall–Kier alpha value is -2.13. The van der Waals surface area contributed by atoms with Crippen molar-refractivity contribution < 1.29 is 14.3 Å². The minimum Gasteiger partial charge on any atom is -0.420 e. The van der Waals surface area contributed by atoms with E-state index < -0.39 is 5.79 Å². The lowest BCUT2D eigenvalue weighted by molar-refractivity contribution is -0.155. The van der Waals surface area contributed by atoms with Crippen LogP contribution < -0.4 is 0 Å². The molecule has 0 fully saturated rings. The van der Waals surface area contributed by atoms with Crippen LogP contribution in [0.25, 0.3) is 0 Å². The van der Waals surface area contributed by atoms with Gasteiger partial charge in [0.1, 0.15) is 0 Å². The first-order chi connectivity index (χ1) is 10.4. The third-order valence-corrected chi connectivity index (χ3v) is 4.42. The predicted octanol–water partition coefficient (Wildman–Crippen LogP) is 3.94. The molecular weight excluding hydrogens is 276 g/mol. The summed E-state index contributed by atoms with van der Waals surface area (Å²) in [6.45, 7) is 7.96. The highest BCUT2D eigenvalue weighted by Crippen LogP contribution is 2.46. The highest BCUT2D eigenvalue weighted by atomic mass is 16.7. The van der Waals surface area contributed by atoms with Crippen molar-refractivity contribution in [3.8, 4) is 0 Å². The number of benzene rings is 2. The first kappa shape index (κ1) is 14.8. The Morgan fingerprint density at radius 3 is 2.27 bits per heavy atom. The smallest absolute Gasteiger partial charge is 0.342 e. The van der Waals surface area contributed by atoms with Gasteiger partial charge in [-0.15, -0.1) is 0 Å². The molecule has 3 heteroatoms. The summed E-state index contributed by atoms with van der Waals surface area (Å²) in [6, 6.07) is 10.0. The number of aryl methyl sites for hydroxylation is 4. The van der Waals surface area contributed by atoms with Gasteiger partial charge < -0.3 is 9.47 Å². The summed E-state index contributed by atoms with van der Waals surface area (Å²) < 4.78 is 11.6. The van der Waals surface area contributed by atoms with E-state index in [4.69, 9.17) is 9.47 Å². The van der Waals surface area contributed by atoms with E-state index in [1.54, 1.807) is 7.11 Å². The van der Waals surface area contributed by atoms with E-state index in [1.807, 2.05) is 52.0 Å². The Morgan fingerprint density at radius 1 is 0.955 bits per heavy atom. The maximum atomic E-state index is 12.5. The number of rotatable bonds is 2. The van der Waals surface area contributed by atoms with Crippen molar-refractivity contribution in [2.24, 2.45) is 0 Å². The summed E-state index contributed by atoms with van der Waals surface area (Å²) >= 11 is 0. The quantitative estimate of drug-likeness (QED) is 0.787. The number of carbonyl (C=O) groups excluding carboxylic acids is 1. The molecule has 2 aromatic carbocycles. The van der Waals surface area contributed by atoms with E-state index in [-0.39, 0.29) is 5.97 Å². The molecule has 1 aliphatic heterocycles. The number of carbonyl (C=O) groups is 1. The average molecular weight is 296 g/mol. The van der Waals surface area contributed by atoms with Crippen LogP contribution >= 0.6 is 0 Å². The van der Waals surface area contributed by atoms with E-state index >= 15 is 0 Å². The van der Waals surface area contributed by atoms with Crippen molar-refractivity contribution in [1.29, 1.82) is 0 Å². The topological polar surface area (TPSA) is 35.5 Å². The number of cyclic esters (lactones) is 1. The maximum absolute atomic E-state index is 12.5. The lowest BCUT2D eigenvalue weighted by Gasteiger charge is -2.30. The van der Waals surface area contributed by atoms with Gasteiger partial charge in [-0.1, -0.05) is 35.9 Å². The minimum atomic E-state index is -1.15. The molecule has 0 unspecified atom stereocenters. The van der Waals surface area contributed by atoms with Crippen molar-refractivity contribution in [2.45, 2.75) is 33.5 Å². The zero-order valence-electron chi connectivity index (χ0n) is 13.6. The normalized spacial score (nSPS) is 20.0. The monoisotopic (exact) mass is 296 g/mol. The van der Waals surface area contributed by atoms with Crippen LogP contribution in [0.15, 0.2) is 30.3 Å². The fraction of sp³-hybridized carbons (Fsp3) is 0.316. The Balaban J connectivity index is 2.35. The van der Waals surface area contributed by atoms with Crippen molar-refractivity contribution in [2.75, 3.05) is 7.11 Å². The molecule has 0 spiro atoms. The highest BCUT2D eigenvalue weighted by Gasteiger charge is 2.50. The number of esters is 1. The summed E-state index contributed by atoms with van der Waals surface area (Å²) in [5, 5.41) is 0. The van der Waals surface area contributed by atoms with Crippen LogP contribution in [0.2, 0.25) is 0 Å². The van der Waals surface area contributed by atoms with Gasteiger partial charge in [0, 0.05) is 18.2 Å². The van der Waals surface area contributed by atoms with Crippen molar-refractivity contribution in [3.05, 3.63) is 69.3 Å². The number of ether oxygens (including phenoxy) is 2. The van der Waals surface area contributed by atoms with Crippen LogP contribution in [-0.2, 0) is 15.3 Å². The van der Waals surface area contributed by atoms with E-state index in [0.29, 0.717) is 5.56 Å². The lowest BCUT2D eigenvalue weighted by atomic mass is 9.87. The molecule has 1 atom stereocenters. The molecule has 22 heavy (non-hydrogen) atoms. The fourth-order valence-electron chi connectivity index (χ4n) is 3.36. The van der Waals surface area contributed by atoms with Gasteiger partial charge in [-0.3, -0.25) is 0 Å². The first-order valence-electron chi connectivity index (χ1n) is 7.37. The number of hydrogen-bond acceptors (Lipinski definition) is 3. The van der Waals surface area contributed by atoms with Gasteiger partial charge in [-0.2, -0.15) is 0 Å². The zero-order chi connectivity index (χ0) is 16.1. The predicted molar refractivity (Wildman–Crippen MR) is 85.0 cm³/mol. The molecule has 114 valence electrons. The molecule has 0 radical (unpaired) electrons. The van der Waals surface area contributed by atoms with Gasteiger partial charge in [0.25, 0.3) is 5.79 Å². The van der Waals surface area contributed by atoms with Crippen LogP contribution in [0, 0.1) is 27.7 Å². The summed E-state index contributed by atoms with van der Waals surface area (Å²) in [7, 11) is 1.59. The number of fused-ring (bicyclic) bond motifs is 1. The molecule has 0 aliphatic carbocycles. The highest BCUT2D eigenvalue weighted by molar-refractivity contribution is 5.97. The molecule has 3 rings (SSSR count). The van der Waals surface area contributed by atoms with Gasteiger partial charge in [-0.05, 0) is 44.4 Å². The summed E-state index contributed by atoms with van der Waals surface area (Å²) in [6.07, 6.45) is 0. The summed E-state index contributed by atoms with van der Waals surface area (Å²) in [5.74, 6) is -1.47. The zero-order valence-corrected chi connectivity index (χ0v) is 13.6. The minimum absolute atomic E-state index is 0.321. The summed E-state index contributed by atoms with van der Waals surface area (Å²) in [5.41, 5.74) is 6.44. The molecule has 0 amide bonds. The van der Waals surface area contributed by atoms with Gasteiger partial charge in [-0.25, -0.2) is 4.79 Å². The Bertz CT molecular complexity index is 776. The maximum Gasteiger partial charge on any atom is 0.342 e. The molecule has 0 aromatic heterocycles. The van der Waals surface area contributed by atoms with Crippen LogP contribution in [-0.4, -0.2) is 13.1 Å². The SMILES string of the molecule is CO[C@@]1(c2ccc(C)cc2C)OC(=O)c2c(C)ccc(C)c21. The molecule has 2 aromatic rings. The number of hydrogen-bond donors (Lipinski definition) is 0. The standard InChI is InChI=1S/C19H20O3/c1-11-6-9-15(14(4)10-11)19(21-5)17-13(3)8-7-12(2)16(17)18(20)22-19/h6-10H,1-5H3/t19-/m0/s1. The van der Waals surface area contributed by atoms with Gasteiger partial charge in [0.2, 0.25) is 0 Å².